The van der Waals surface area contributed by atoms with Gasteiger partial charge in [-0.3, -0.25) is 9.00 Å². The molecule has 0 fully saturated rings. The zero-order valence-corrected chi connectivity index (χ0v) is 12.9. The van der Waals surface area contributed by atoms with E-state index in [1.54, 1.807) is 42.5 Å². The summed E-state index contributed by atoms with van der Waals surface area (Å²) in [5, 5.41) is 2.69. The topological polar surface area (TPSA) is 72.2 Å². The fourth-order valence-corrected chi connectivity index (χ4v) is 3.40. The number of nitrogens with one attached hydrogen (secondary N) is 1. The van der Waals surface area contributed by atoms with Gasteiger partial charge in [-0.1, -0.05) is 12.1 Å². The van der Waals surface area contributed by atoms with Crippen LogP contribution in [-0.4, -0.2) is 15.9 Å². The van der Waals surface area contributed by atoms with Crippen molar-refractivity contribution in [2.75, 3.05) is 16.8 Å². The number of halogens is 1. The summed E-state index contributed by atoms with van der Waals surface area (Å²) in [4.78, 5) is 12.5. The van der Waals surface area contributed by atoms with Crippen molar-refractivity contribution in [1.29, 1.82) is 0 Å². The lowest BCUT2D eigenvalue weighted by Gasteiger charge is -2.06. The number of nitrogens with two attached hydrogens (primary N) is 1. The van der Waals surface area contributed by atoms with E-state index < -0.39 is 10.8 Å². The molecule has 0 saturated heterocycles. The fourth-order valence-electron chi connectivity index (χ4n) is 1.59. The summed E-state index contributed by atoms with van der Waals surface area (Å²) in [7, 11) is -1.39. The second kappa shape index (κ2) is 6.67. The van der Waals surface area contributed by atoms with Crippen molar-refractivity contribution in [2.45, 2.75) is 4.90 Å². The van der Waals surface area contributed by atoms with Gasteiger partial charge in [0.1, 0.15) is 5.75 Å². The predicted molar refractivity (Wildman–Crippen MR) is 84.9 cm³/mol. The van der Waals surface area contributed by atoms with Crippen LogP contribution in [0.4, 0.5) is 11.4 Å². The lowest BCUT2D eigenvalue weighted by atomic mass is 10.3. The average molecular weight is 353 g/mol. The van der Waals surface area contributed by atoms with E-state index >= 15 is 0 Å². The van der Waals surface area contributed by atoms with Gasteiger partial charge < -0.3 is 11.1 Å². The van der Waals surface area contributed by atoms with Crippen LogP contribution < -0.4 is 11.1 Å². The van der Waals surface area contributed by atoms with Gasteiger partial charge in [-0.25, -0.2) is 0 Å². The zero-order chi connectivity index (χ0) is 14.5. The molecule has 0 aliphatic rings. The fraction of sp³-hybridized carbons (Fsp3) is 0.0714. The van der Waals surface area contributed by atoms with E-state index in [1.807, 2.05) is 6.07 Å². The van der Waals surface area contributed by atoms with E-state index in [1.165, 1.54) is 0 Å². The lowest BCUT2D eigenvalue weighted by molar-refractivity contribution is -0.113. The number of amides is 1. The normalized spacial score (nSPS) is 11.8. The van der Waals surface area contributed by atoms with E-state index in [0.717, 1.165) is 4.47 Å². The molecule has 6 heteroatoms. The summed E-state index contributed by atoms with van der Waals surface area (Å²) in [6.45, 7) is 0. The number of carbonyl (C=O) groups excluding carboxylic acids is 1. The first-order chi connectivity index (χ1) is 9.56. The number of carbonyl (C=O) groups is 1. The molecule has 0 aliphatic carbocycles. The summed E-state index contributed by atoms with van der Waals surface area (Å²) in [6.07, 6.45) is 0. The molecule has 0 aromatic heterocycles. The molecule has 0 radical (unpaired) electrons. The van der Waals surface area contributed by atoms with Gasteiger partial charge in [0.2, 0.25) is 5.91 Å². The van der Waals surface area contributed by atoms with E-state index in [0.29, 0.717) is 16.3 Å². The van der Waals surface area contributed by atoms with Crippen LogP contribution in [0.1, 0.15) is 0 Å². The quantitative estimate of drug-likeness (QED) is 0.831. The Morgan fingerprint density at radius 3 is 2.45 bits per heavy atom. The van der Waals surface area contributed by atoms with Gasteiger partial charge in [0.05, 0.1) is 15.7 Å². The molecule has 0 aliphatic heterocycles. The maximum absolute atomic E-state index is 12.1. The minimum atomic E-state index is -1.39. The number of hydrogen-bond donors (Lipinski definition) is 2. The first-order valence-electron chi connectivity index (χ1n) is 5.84. The van der Waals surface area contributed by atoms with Crippen molar-refractivity contribution >= 4 is 44.0 Å². The monoisotopic (exact) mass is 352 g/mol. The zero-order valence-electron chi connectivity index (χ0n) is 10.5. The molecular weight excluding hydrogens is 340 g/mol. The van der Waals surface area contributed by atoms with Gasteiger partial charge in [-0.05, 0) is 52.3 Å². The molecule has 20 heavy (non-hydrogen) atoms. The largest absolute Gasteiger partial charge is 0.399 e. The Labute approximate surface area is 128 Å². The van der Waals surface area contributed by atoms with E-state index in [2.05, 4.69) is 21.2 Å². The Bertz CT molecular complexity index is 644. The Morgan fingerprint density at radius 1 is 1.15 bits per heavy atom. The summed E-state index contributed by atoms with van der Waals surface area (Å²) in [5.74, 6) is -0.392. The molecule has 0 heterocycles. The molecule has 1 amide bonds. The number of benzene rings is 2. The van der Waals surface area contributed by atoms with Crippen molar-refractivity contribution in [3.05, 3.63) is 53.0 Å². The van der Waals surface area contributed by atoms with Crippen LogP contribution in [-0.2, 0) is 15.6 Å². The first-order valence-corrected chi connectivity index (χ1v) is 7.96. The standard InChI is InChI=1S/C14H13BrN2O2S/c15-12-3-1-2-4-13(12)20(19)9-14(18)17-11-7-5-10(16)6-8-11/h1-8H,9,16H2,(H,17,18). The Morgan fingerprint density at radius 2 is 1.80 bits per heavy atom. The minimum Gasteiger partial charge on any atom is -0.399 e. The third kappa shape index (κ3) is 3.91. The van der Waals surface area contributed by atoms with Crippen molar-refractivity contribution in [1.82, 2.24) is 0 Å². The van der Waals surface area contributed by atoms with E-state index in [4.69, 9.17) is 5.73 Å². The third-order valence-electron chi connectivity index (χ3n) is 2.54. The van der Waals surface area contributed by atoms with Gasteiger partial charge in [0.25, 0.3) is 0 Å². The molecule has 3 N–H and O–H groups in total. The highest BCUT2D eigenvalue weighted by molar-refractivity contribution is 9.10. The molecule has 0 saturated carbocycles. The molecule has 0 spiro atoms. The summed E-state index contributed by atoms with van der Waals surface area (Å²) >= 11 is 3.32. The van der Waals surface area contributed by atoms with Crippen LogP contribution in [0, 0.1) is 0 Å². The Kier molecular flexibility index (Phi) is 4.92. The van der Waals surface area contributed by atoms with Gasteiger partial charge in [0.15, 0.2) is 0 Å². The summed E-state index contributed by atoms with van der Waals surface area (Å²) in [5.41, 5.74) is 6.82. The van der Waals surface area contributed by atoms with Crippen LogP contribution in [0.5, 0.6) is 0 Å². The Balaban J connectivity index is 2.00. The summed E-state index contributed by atoms with van der Waals surface area (Å²) in [6, 6.07) is 13.9. The first kappa shape index (κ1) is 14.7. The number of anilines is 2. The van der Waals surface area contributed by atoms with Gasteiger partial charge in [0, 0.05) is 15.8 Å². The van der Waals surface area contributed by atoms with Crippen LogP contribution in [0.15, 0.2) is 57.9 Å². The lowest BCUT2D eigenvalue weighted by Crippen LogP contribution is -2.19. The van der Waals surface area contributed by atoms with Gasteiger partial charge in [-0.2, -0.15) is 0 Å². The smallest absolute Gasteiger partial charge is 0.237 e. The number of nitrogen functional groups attached to an aromatic ring is 1. The maximum atomic E-state index is 12.1. The molecule has 104 valence electrons. The highest BCUT2D eigenvalue weighted by Gasteiger charge is 2.12. The molecule has 2 rings (SSSR count). The van der Waals surface area contributed by atoms with Crippen LogP contribution in [0.3, 0.4) is 0 Å². The second-order valence-corrected chi connectivity index (χ2v) is 6.36. The van der Waals surface area contributed by atoms with E-state index in [-0.39, 0.29) is 11.7 Å². The van der Waals surface area contributed by atoms with Crippen molar-refractivity contribution in [3.8, 4) is 0 Å². The molecule has 1 unspecified atom stereocenters. The number of hydrogen-bond acceptors (Lipinski definition) is 3. The molecular formula is C14H13BrN2O2S. The summed E-state index contributed by atoms with van der Waals surface area (Å²) < 4.78 is 12.9. The van der Waals surface area contributed by atoms with Crippen molar-refractivity contribution in [3.63, 3.8) is 0 Å². The van der Waals surface area contributed by atoms with Gasteiger partial charge >= 0.3 is 0 Å². The Hall–Kier alpha value is -1.66. The molecule has 1 atom stereocenters. The molecule has 0 bridgehead atoms. The van der Waals surface area contributed by atoms with E-state index in [9.17, 15) is 9.00 Å². The van der Waals surface area contributed by atoms with Gasteiger partial charge in [-0.15, -0.1) is 0 Å². The van der Waals surface area contributed by atoms with Crippen LogP contribution in [0.25, 0.3) is 0 Å². The highest BCUT2D eigenvalue weighted by atomic mass is 79.9. The third-order valence-corrected chi connectivity index (χ3v) is 4.86. The predicted octanol–water partition coefficient (Wildman–Crippen LogP) is 2.78. The van der Waals surface area contributed by atoms with Crippen molar-refractivity contribution in [2.24, 2.45) is 0 Å². The van der Waals surface area contributed by atoms with Crippen LogP contribution in [0.2, 0.25) is 0 Å². The molecule has 2 aromatic rings. The average Bonchev–Trinajstić information content (AvgIpc) is 2.41. The molecule has 4 nitrogen and oxygen atoms in total. The molecule has 2 aromatic carbocycles. The second-order valence-electron chi connectivity index (χ2n) is 4.09. The maximum Gasteiger partial charge on any atom is 0.237 e. The SMILES string of the molecule is Nc1ccc(NC(=O)CS(=O)c2ccccc2Br)cc1. The van der Waals surface area contributed by atoms with Crippen molar-refractivity contribution < 1.29 is 9.00 Å². The highest BCUT2D eigenvalue weighted by Crippen LogP contribution is 2.20. The number of rotatable bonds is 4. The van der Waals surface area contributed by atoms with Crippen LogP contribution >= 0.6 is 15.9 Å². The minimum absolute atomic E-state index is 0.0903.